The molecule has 210 valence electrons. The summed E-state index contributed by atoms with van der Waals surface area (Å²) < 4.78 is 50.3. The van der Waals surface area contributed by atoms with Crippen molar-refractivity contribution in [3.63, 3.8) is 0 Å². The van der Waals surface area contributed by atoms with Crippen molar-refractivity contribution in [2.45, 2.75) is 62.9 Å². The van der Waals surface area contributed by atoms with E-state index in [9.17, 15) is 22.7 Å². The SMILES string of the molecule is Cc1nc(OC2CCC(S(C)(=O)=O)CC2)ccc1-c1ccc(F)c(COc2ccc3c(c2)C[C@H]2[C@H](C(=O)O)[C@@H]32)c1. The van der Waals surface area contributed by atoms with Gasteiger partial charge in [-0.05, 0) is 92.0 Å². The quantitative estimate of drug-likeness (QED) is 0.386. The molecule has 9 heteroatoms. The summed E-state index contributed by atoms with van der Waals surface area (Å²) in [6.45, 7) is 1.94. The molecule has 7 nitrogen and oxygen atoms in total. The maximum atomic E-state index is 14.7. The van der Waals surface area contributed by atoms with Crippen LogP contribution in [-0.4, -0.2) is 42.1 Å². The number of pyridine rings is 1. The van der Waals surface area contributed by atoms with Crippen LogP contribution in [-0.2, 0) is 27.7 Å². The molecule has 0 amide bonds. The number of rotatable bonds is 8. The van der Waals surface area contributed by atoms with Crippen molar-refractivity contribution in [2.24, 2.45) is 11.8 Å². The number of carboxylic acid groups (broad SMARTS) is 1. The Morgan fingerprint density at radius 2 is 1.85 bits per heavy atom. The van der Waals surface area contributed by atoms with Crippen molar-refractivity contribution in [3.05, 3.63) is 76.7 Å². The molecule has 2 aromatic carbocycles. The van der Waals surface area contributed by atoms with Crippen LogP contribution in [0.2, 0.25) is 0 Å². The number of aryl methyl sites for hydroxylation is 1. The molecule has 0 unspecified atom stereocenters. The molecule has 3 aliphatic rings. The van der Waals surface area contributed by atoms with Gasteiger partial charge in [0.25, 0.3) is 0 Å². The lowest BCUT2D eigenvalue weighted by Crippen LogP contribution is -2.31. The van der Waals surface area contributed by atoms with Gasteiger partial charge in [0.15, 0.2) is 0 Å². The molecule has 0 bridgehead atoms. The van der Waals surface area contributed by atoms with Crippen LogP contribution in [0.25, 0.3) is 11.1 Å². The first kappa shape index (κ1) is 26.7. The van der Waals surface area contributed by atoms with Gasteiger partial charge in [-0.15, -0.1) is 0 Å². The largest absolute Gasteiger partial charge is 0.489 e. The van der Waals surface area contributed by atoms with Crippen molar-refractivity contribution in [1.29, 1.82) is 0 Å². The predicted octanol–water partition coefficient (Wildman–Crippen LogP) is 5.48. The first-order valence-corrected chi connectivity index (χ1v) is 15.6. The summed E-state index contributed by atoms with van der Waals surface area (Å²) in [6.07, 6.45) is 4.52. The number of fused-ring (bicyclic) bond motifs is 3. The number of aromatic nitrogens is 1. The monoisotopic (exact) mass is 565 g/mol. The van der Waals surface area contributed by atoms with Gasteiger partial charge < -0.3 is 14.6 Å². The van der Waals surface area contributed by atoms with Gasteiger partial charge in [0.2, 0.25) is 5.88 Å². The summed E-state index contributed by atoms with van der Waals surface area (Å²) in [5.74, 6) is 0.0834. The molecule has 2 fully saturated rings. The van der Waals surface area contributed by atoms with Gasteiger partial charge in [-0.3, -0.25) is 4.79 Å². The van der Waals surface area contributed by atoms with Crippen LogP contribution in [0.4, 0.5) is 4.39 Å². The lowest BCUT2D eigenvalue weighted by Gasteiger charge is -2.27. The zero-order chi connectivity index (χ0) is 28.2. The van der Waals surface area contributed by atoms with Crippen molar-refractivity contribution < 1.29 is 32.2 Å². The van der Waals surface area contributed by atoms with Crippen molar-refractivity contribution >= 4 is 15.8 Å². The van der Waals surface area contributed by atoms with E-state index in [1.807, 2.05) is 31.2 Å². The molecule has 1 heterocycles. The maximum Gasteiger partial charge on any atom is 0.307 e. The van der Waals surface area contributed by atoms with E-state index >= 15 is 0 Å². The summed E-state index contributed by atoms with van der Waals surface area (Å²) >= 11 is 0. The second-order valence-electron chi connectivity index (χ2n) is 11.3. The van der Waals surface area contributed by atoms with Gasteiger partial charge in [0.05, 0.1) is 11.2 Å². The molecule has 0 radical (unpaired) electrons. The molecule has 6 rings (SSSR count). The number of hydrogen-bond acceptors (Lipinski definition) is 6. The Morgan fingerprint density at radius 3 is 2.55 bits per heavy atom. The molecular formula is C31H32FNO6S. The Balaban J connectivity index is 1.10. The standard InChI is InChI=1S/C31H32FNO6S/c1-17-24(10-12-28(33-17)39-21-4-7-23(8-5-21)40(2,36)37)18-3-11-27(32)20(13-18)16-38-22-6-9-25-19(14-22)15-26-29(25)30(26)31(34)35/h3,6,9-14,21,23,26,29-30H,4-5,7-8,15-16H2,1-2H3,(H,34,35)/t21?,23?,26-,29+,30+/m1/s1. The highest BCUT2D eigenvalue weighted by Gasteiger charge is 2.59. The van der Waals surface area contributed by atoms with E-state index in [0.29, 0.717) is 42.9 Å². The van der Waals surface area contributed by atoms with Crippen LogP contribution in [0, 0.1) is 24.6 Å². The fraction of sp³-hybridized carbons (Fsp3) is 0.419. The molecule has 3 aliphatic carbocycles. The molecule has 3 aromatic rings. The fourth-order valence-corrected chi connectivity index (χ4v) is 7.62. The first-order chi connectivity index (χ1) is 19.1. The summed E-state index contributed by atoms with van der Waals surface area (Å²) in [7, 11) is -3.02. The van der Waals surface area contributed by atoms with Crippen LogP contribution in [0.1, 0.15) is 54.0 Å². The minimum Gasteiger partial charge on any atom is -0.489 e. The van der Waals surface area contributed by atoms with E-state index in [1.54, 1.807) is 18.2 Å². The predicted molar refractivity (Wildman–Crippen MR) is 148 cm³/mol. The Hall–Kier alpha value is -3.46. The number of hydrogen-bond donors (Lipinski definition) is 1. The molecule has 3 atom stereocenters. The topological polar surface area (TPSA) is 103 Å². The Bertz CT molecular complexity index is 1580. The molecule has 0 spiro atoms. The third kappa shape index (κ3) is 5.19. The number of benzene rings is 2. The van der Waals surface area contributed by atoms with E-state index in [0.717, 1.165) is 34.4 Å². The zero-order valence-corrected chi connectivity index (χ0v) is 23.3. The first-order valence-electron chi connectivity index (χ1n) is 13.7. The van der Waals surface area contributed by atoms with E-state index in [4.69, 9.17) is 9.47 Å². The lowest BCUT2D eigenvalue weighted by molar-refractivity contribution is -0.139. The Labute approximate surface area is 233 Å². The number of aliphatic carboxylic acids is 1. The van der Waals surface area contributed by atoms with Gasteiger partial charge in [0.1, 0.15) is 34.1 Å². The number of ether oxygens (including phenoxy) is 2. The maximum absolute atomic E-state index is 14.7. The molecule has 1 N–H and O–H groups in total. The van der Waals surface area contributed by atoms with Gasteiger partial charge in [-0.25, -0.2) is 17.8 Å². The highest BCUT2D eigenvalue weighted by Crippen LogP contribution is 2.61. The van der Waals surface area contributed by atoms with Gasteiger partial charge >= 0.3 is 5.97 Å². The molecule has 40 heavy (non-hydrogen) atoms. The van der Waals surface area contributed by atoms with E-state index in [-0.39, 0.29) is 41.5 Å². The molecular weight excluding hydrogens is 533 g/mol. The van der Waals surface area contributed by atoms with Crippen molar-refractivity contribution in [1.82, 2.24) is 4.98 Å². The van der Waals surface area contributed by atoms with Crippen molar-refractivity contribution in [2.75, 3.05) is 6.26 Å². The minimum absolute atomic E-state index is 0.0612. The third-order valence-electron chi connectivity index (χ3n) is 8.71. The smallest absolute Gasteiger partial charge is 0.307 e. The summed E-state index contributed by atoms with van der Waals surface area (Å²) in [4.78, 5) is 16.0. The van der Waals surface area contributed by atoms with Crippen LogP contribution in [0.15, 0.2) is 48.5 Å². The molecule has 2 saturated carbocycles. The van der Waals surface area contributed by atoms with Gasteiger partial charge in [0, 0.05) is 35.1 Å². The van der Waals surface area contributed by atoms with E-state index in [2.05, 4.69) is 4.98 Å². The number of halogens is 1. The van der Waals surface area contributed by atoms with E-state index in [1.165, 1.54) is 12.3 Å². The average Bonchev–Trinajstić information content (AvgIpc) is 3.50. The third-order valence-corrected chi connectivity index (χ3v) is 10.4. The minimum atomic E-state index is -3.02. The molecule has 1 aromatic heterocycles. The highest BCUT2D eigenvalue weighted by atomic mass is 32.2. The van der Waals surface area contributed by atoms with E-state index < -0.39 is 15.8 Å². The number of carbonyl (C=O) groups is 1. The van der Waals surface area contributed by atoms with Crippen LogP contribution in [0.5, 0.6) is 11.6 Å². The number of nitrogens with zero attached hydrogens (tertiary/aromatic N) is 1. The number of carboxylic acids is 1. The number of sulfone groups is 1. The summed E-state index contributed by atoms with van der Waals surface area (Å²) in [5, 5.41) is 9.03. The lowest BCUT2D eigenvalue weighted by atomic mass is 9.97. The second-order valence-corrected chi connectivity index (χ2v) is 13.7. The van der Waals surface area contributed by atoms with Gasteiger partial charge in [-0.1, -0.05) is 12.1 Å². The summed E-state index contributed by atoms with van der Waals surface area (Å²) in [5.41, 5.74) is 5.06. The molecule has 0 saturated heterocycles. The summed E-state index contributed by atoms with van der Waals surface area (Å²) in [6, 6.07) is 14.4. The zero-order valence-electron chi connectivity index (χ0n) is 22.5. The second kappa shape index (κ2) is 10.2. The van der Waals surface area contributed by atoms with Gasteiger partial charge in [-0.2, -0.15) is 0 Å². The van der Waals surface area contributed by atoms with Crippen molar-refractivity contribution in [3.8, 4) is 22.8 Å². The van der Waals surface area contributed by atoms with Crippen LogP contribution in [0.3, 0.4) is 0 Å². The van der Waals surface area contributed by atoms with Crippen LogP contribution < -0.4 is 9.47 Å². The normalized spacial score (nSPS) is 25.1. The molecule has 0 aliphatic heterocycles. The fourth-order valence-electron chi connectivity index (χ4n) is 6.49. The Kier molecular flexibility index (Phi) is 6.81. The van der Waals surface area contributed by atoms with Crippen LogP contribution >= 0.6 is 0 Å². The Morgan fingerprint density at radius 1 is 1.07 bits per heavy atom. The highest BCUT2D eigenvalue weighted by molar-refractivity contribution is 7.91. The average molecular weight is 566 g/mol.